The van der Waals surface area contributed by atoms with Gasteiger partial charge in [-0.3, -0.25) is 0 Å². The minimum Gasteiger partial charge on any atom is -0.435 e. The molecule has 7 nitrogen and oxygen atoms in total. The lowest BCUT2D eigenvalue weighted by Gasteiger charge is -2.08. The van der Waals surface area contributed by atoms with Gasteiger partial charge in [0, 0.05) is 11.1 Å². The Morgan fingerprint density at radius 2 is 1.05 bits per heavy atom. The first-order valence-electron chi connectivity index (χ1n) is 5.33. The summed E-state index contributed by atoms with van der Waals surface area (Å²) in [7, 11) is 0. The molecule has 0 saturated heterocycles. The molecule has 0 rings (SSSR count). The first-order valence-corrected chi connectivity index (χ1v) is 5.33. The van der Waals surface area contributed by atoms with E-state index in [2.05, 4.69) is 22.6 Å². The van der Waals surface area contributed by atoms with Gasteiger partial charge >= 0.3 is 11.9 Å². The van der Waals surface area contributed by atoms with Gasteiger partial charge in [-0.1, -0.05) is 13.2 Å². The van der Waals surface area contributed by atoms with Crippen molar-refractivity contribution in [3.63, 3.8) is 0 Å². The molecule has 0 aliphatic rings. The largest absolute Gasteiger partial charge is 0.435 e. The minimum atomic E-state index is -0.539. The van der Waals surface area contributed by atoms with E-state index in [1.807, 2.05) is 0 Å². The molecule has 0 saturated carbocycles. The average molecular weight is 274 g/mol. The third kappa shape index (κ3) is 9.95. The highest BCUT2D eigenvalue weighted by atomic mass is 16.8. The molecule has 0 aromatic rings. The maximum atomic E-state index is 10.9. The quantitative estimate of drug-likeness (QED) is 0.255. The third-order valence-electron chi connectivity index (χ3n) is 1.58. The van der Waals surface area contributed by atoms with Crippen LogP contribution in [0, 0.1) is 0 Å². The summed E-state index contributed by atoms with van der Waals surface area (Å²) in [5.41, 5.74) is 0.569. The molecule has 0 aromatic carbocycles. The van der Waals surface area contributed by atoms with Gasteiger partial charge in [0.1, 0.15) is 0 Å². The number of hydrogen-bond acceptors (Lipinski definition) is 7. The first kappa shape index (κ1) is 17.3. The van der Waals surface area contributed by atoms with Crippen LogP contribution in [0.1, 0.15) is 13.8 Å². The highest BCUT2D eigenvalue weighted by Crippen LogP contribution is 1.93. The van der Waals surface area contributed by atoms with E-state index in [1.165, 1.54) is 13.8 Å². The molecule has 0 unspecified atom stereocenters. The molecule has 0 aliphatic heterocycles. The van der Waals surface area contributed by atoms with E-state index in [4.69, 9.17) is 14.2 Å². The Kier molecular flexibility index (Phi) is 9.33. The summed E-state index contributed by atoms with van der Waals surface area (Å²) in [6.07, 6.45) is 0. The number of carbonyl (C=O) groups is 2. The lowest BCUT2D eigenvalue weighted by molar-refractivity contribution is -0.195. The summed E-state index contributed by atoms with van der Waals surface area (Å²) in [6.45, 7) is 9.12. The van der Waals surface area contributed by atoms with Crippen LogP contribution in [-0.4, -0.2) is 39.1 Å². The topological polar surface area (TPSA) is 80.3 Å². The molecule has 0 aromatic heterocycles. The number of esters is 2. The van der Waals surface area contributed by atoms with Gasteiger partial charge in [-0.25, -0.2) is 9.59 Å². The molecular formula is C12H18O7. The number of rotatable bonds is 10. The van der Waals surface area contributed by atoms with Gasteiger partial charge in [-0.05, 0) is 13.8 Å². The summed E-state index contributed by atoms with van der Waals surface area (Å²) in [5, 5.41) is 0. The second-order valence-electron chi connectivity index (χ2n) is 3.51. The molecule has 0 fully saturated rings. The zero-order chi connectivity index (χ0) is 14.7. The summed E-state index contributed by atoms with van der Waals surface area (Å²) in [6, 6.07) is 0. The summed E-state index contributed by atoms with van der Waals surface area (Å²) < 4.78 is 23.7. The van der Waals surface area contributed by atoms with Gasteiger partial charge in [0.15, 0.2) is 27.2 Å². The molecule has 0 amide bonds. The van der Waals surface area contributed by atoms with E-state index in [9.17, 15) is 9.59 Å². The monoisotopic (exact) mass is 274 g/mol. The molecule has 108 valence electrons. The van der Waals surface area contributed by atoms with E-state index >= 15 is 0 Å². The van der Waals surface area contributed by atoms with Crippen LogP contribution in [0.5, 0.6) is 0 Å². The first-order chi connectivity index (χ1) is 8.95. The van der Waals surface area contributed by atoms with Crippen molar-refractivity contribution < 1.29 is 33.3 Å². The minimum absolute atomic E-state index is 0.127. The number of carbonyl (C=O) groups excluding carboxylic acids is 2. The molecule has 19 heavy (non-hydrogen) atoms. The van der Waals surface area contributed by atoms with Crippen LogP contribution in [-0.2, 0) is 33.3 Å². The maximum absolute atomic E-state index is 10.9. The molecule has 0 N–H and O–H groups in total. The van der Waals surface area contributed by atoms with Crippen molar-refractivity contribution in [1.82, 2.24) is 0 Å². The van der Waals surface area contributed by atoms with Crippen molar-refractivity contribution in [3.05, 3.63) is 24.3 Å². The Bertz CT molecular complexity index is 303. The fraction of sp³-hybridized carbons (Fsp3) is 0.500. The van der Waals surface area contributed by atoms with E-state index < -0.39 is 11.9 Å². The van der Waals surface area contributed by atoms with Crippen LogP contribution in [0.15, 0.2) is 24.3 Å². The second-order valence-corrected chi connectivity index (χ2v) is 3.51. The highest BCUT2D eigenvalue weighted by molar-refractivity contribution is 5.87. The number of hydrogen-bond donors (Lipinski definition) is 0. The molecule has 0 aliphatic carbocycles. The number of ether oxygens (including phenoxy) is 5. The average Bonchev–Trinajstić information content (AvgIpc) is 2.35. The summed E-state index contributed by atoms with van der Waals surface area (Å²) in [4.78, 5) is 21.8. The Hall–Kier alpha value is -1.70. The molecule has 0 atom stereocenters. The third-order valence-corrected chi connectivity index (χ3v) is 1.58. The van der Waals surface area contributed by atoms with Gasteiger partial charge in [0.25, 0.3) is 0 Å². The van der Waals surface area contributed by atoms with Crippen molar-refractivity contribution >= 4 is 11.9 Å². The molecule has 0 bridgehead atoms. The predicted octanol–water partition coefficient (Wildman–Crippen LogP) is 1.10. The SMILES string of the molecule is C=C(C)C(=O)OCOCOCOCOC(=O)C(=C)C. The Balaban J connectivity index is 3.28. The second kappa shape index (κ2) is 10.2. The fourth-order valence-electron chi connectivity index (χ4n) is 0.657. The summed E-state index contributed by atoms with van der Waals surface area (Å²) >= 11 is 0. The maximum Gasteiger partial charge on any atom is 0.335 e. The van der Waals surface area contributed by atoms with Crippen LogP contribution in [0.2, 0.25) is 0 Å². The Labute approximate surface area is 111 Å². The van der Waals surface area contributed by atoms with Gasteiger partial charge in [0.2, 0.25) is 0 Å². The van der Waals surface area contributed by atoms with Crippen LogP contribution < -0.4 is 0 Å². The van der Waals surface area contributed by atoms with E-state index in [1.54, 1.807) is 0 Å². The molecule has 0 spiro atoms. The molecule has 0 radical (unpaired) electrons. The molecule has 7 heteroatoms. The Morgan fingerprint density at radius 3 is 1.37 bits per heavy atom. The van der Waals surface area contributed by atoms with Crippen LogP contribution >= 0.6 is 0 Å². The normalized spacial score (nSPS) is 9.79. The molecular weight excluding hydrogens is 256 g/mol. The van der Waals surface area contributed by atoms with Crippen LogP contribution in [0.3, 0.4) is 0 Å². The zero-order valence-electron chi connectivity index (χ0n) is 11.1. The Morgan fingerprint density at radius 1 is 0.737 bits per heavy atom. The van der Waals surface area contributed by atoms with E-state index in [-0.39, 0.29) is 38.3 Å². The lowest BCUT2D eigenvalue weighted by atomic mass is 10.4. The predicted molar refractivity (Wildman–Crippen MR) is 64.5 cm³/mol. The van der Waals surface area contributed by atoms with Crippen molar-refractivity contribution in [2.24, 2.45) is 0 Å². The standard InChI is InChI=1S/C12H18O7/c1-9(2)11(13)18-7-16-5-15-6-17-8-19-12(14)10(3)4/h1,3,5-8H2,2,4H3. The van der Waals surface area contributed by atoms with Crippen LogP contribution in [0.4, 0.5) is 0 Å². The van der Waals surface area contributed by atoms with Crippen molar-refractivity contribution in [2.45, 2.75) is 13.8 Å². The van der Waals surface area contributed by atoms with Crippen LogP contribution in [0.25, 0.3) is 0 Å². The fourth-order valence-corrected chi connectivity index (χ4v) is 0.657. The molecule has 0 heterocycles. The van der Waals surface area contributed by atoms with E-state index in [0.717, 1.165) is 0 Å². The highest BCUT2D eigenvalue weighted by Gasteiger charge is 2.03. The van der Waals surface area contributed by atoms with Crippen molar-refractivity contribution in [1.29, 1.82) is 0 Å². The zero-order valence-corrected chi connectivity index (χ0v) is 11.1. The smallest absolute Gasteiger partial charge is 0.335 e. The van der Waals surface area contributed by atoms with Gasteiger partial charge in [-0.2, -0.15) is 0 Å². The van der Waals surface area contributed by atoms with Crippen molar-refractivity contribution in [3.8, 4) is 0 Å². The van der Waals surface area contributed by atoms with E-state index in [0.29, 0.717) is 0 Å². The van der Waals surface area contributed by atoms with Crippen molar-refractivity contribution in [2.75, 3.05) is 27.2 Å². The lowest BCUT2D eigenvalue weighted by Crippen LogP contribution is -2.13. The van der Waals surface area contributed by atoms with Gasteiger partial charge in [0.05, 0.1) is 0 Å². The van der Waals surface area contributed by atoms with Gasteiger partial charge < -0.3 is 23.7 Å². The summed E-state index contributed by atoms with van der Waals surface area (Å²) in [5.74, 6) is -1.08. The van der Waals surface area contributed by atoms with Gasteiger partial charge in [-0.15, -0.1) is 0 Å².